The standard InChI is InChI=1S/C16H28N4/c1-4-17-16-8-6-7-14(18-16)13-19(3)15-9-11-20(5-2)12-10-15/h6-8,15H,4-5,9-13H2,1-3H3,(H,17,18). The third kappa shape index (κ3) is 4.18. The first kappa shape index (κ1) is 15.3. The fourth-order valence-corrected chi connectivity index (χ4v) is 2.91. The molecule has 1 aromatic rings. The van der Waals surface area contributed by atoms with Crippen LogP contribution >= 0.6 is 0 Å². The van der Waals surface area contributed by atoms with Crippen LogP contribution in [0.5, 0.6) is 0 Å². The van der Waals surface area contributed by atoms with E-state index in [0.29, 0.717) is 6.04 Å². The van der Waals surface area contributed by atoms with Crippen molar-refractivity contribution in [1.82, 2.24) is 14.8 Å². The summed E-state index contributed by atoms with van der Waals surface area (Å²) in [4.78, 5) is 9.66. The molecule has 1 N–H and O–H groups in total. The molecule has 112 valence electrons. The number of nitrogens with one attached hydrogen (secondary N) is 1. The summed E-state index contributed by atoms with van der Waals surface area (Å²) in [7, 11) is 2.23. The maximum Gasteiger partial charge on any atom is 0.126 e. The van der Waals surface area contributed by atoms with E-state index in [1.54, 1.807) is 0 Å². The lowest BCUT2D eigenvalue weighted by molar-refractivity contribution is 0.126. The van der Waals surface area contributed by atoms with Gasteiger partial charge in [0, 0.05) is 19.1 Å². The Kier molecular flexibility index (Phi) is 5.80. The normalized spacial score (nSPS) is 17.6. The maximum absolute atomic E-state index is 4.67. The van der Waals surface area contributed by atoms with Gasteiger partial charge in [-0.2, -0.15) is 0 Å². The summed E-state index contributed by atoms with van der Waals surface area (Å²) in [5.41, 5.74) is 1.16. The van der Waals surface area contributed by atoms with Gasteiger partial charge in [-0.3, -0.25) is 4.90 Å². The van der Waals surface area contributed by atoms with E-state index in [1.807, 2.05) is 6.07 Å². The van der Waals surface area contributed by atoms with E-state index in [2.05, 4.69) is 53.1 Å². The molecule has 1 aliphatic heterocycles. The lowest BCUT2D eigenvalue weighted by atomic mass is 10.0. The zero-order valence-corrected chi connectivity index (χ0v) is 13.1. The fourth-order valence-electron chi connectivity index (χ4n) is 2.91. The minimum absolute atomic E-state index is 0.697. The van der Waals surface area contributed by atoms with Crippen molar-refractivity contribution in [3.05, 3.63) is 23.9 Å². The highest BCUT2D eigenvalue weighted by Gasteiger charge is 2.21. The molecule has 20 heavy (non-hydrogen) atoms. The van der Waals surface area contributed by atoms with Crippen LogP contribution in [0.4, 0.5) is 5.82 Å². The van der Waals surface area contributed by atoms with Crippen molar-refractivity contribution in [3.63, 3.8) is 0 Å². The molecule has 2 rings (SSSR count). The molecule has 0 bridgehead atoms. The summed E-state index contributed by atoms with van der Waals surface area (Å²) in [5, 5.41) is 3.28. The zero-order valence-electron chi connectivity index (χ0n) is 13.1. The van der Waals surface area contributed by atoms with Crippen molar-refractivity contribution >= 4 is 5.82 Å². The number of rotatable bonds is 6. The second kappa shape index (κ2) is 7.60. The van der Waals surface area contributed by atoms with Gasteiger partial charge in [-0.15, -0.1) is 0 Å². The quantitative estimate of drug-likeness (QED) is 0.864. The van der Waals surface area contributed by atoms with Crippen LogP contribution in [0.1, 0.15) is 32.4 Å². The summed E-state index contributed by atoms with van der Waals surface area (Å²) in [6.07, 6.45) is 2.55. The van der Waals surface area contributed by atoms with E-state index in [1.165, 1.54) is 32.5 Å². The van der Waals surface area contributed by atoms with E-state index in [4.69, 9.17) is 0 Å². The molecule has 1 aliphatic rings. The molecule has 0 unspecified atom stereocenters. The Bertz CT molecular complexity index is 399. The monoisotopic (exact) mass is 276 g/mol. The molecule has 0 radical (unpaired) electrons. The van der Waals surface area contributed by atoms with Crippen LogP contribution in [0.25, 0.3) is 0 Å². The van der Waals surface area contributed by atoms with Crippen LogP contribution in [0.15, 0.2) is 18.2 Å². The first-order valence-electron chi connectivity index (χ1n) is 7.85. The van der Waals surface area contributed by atoms with Crippen molar-refractivity contribution in [3.8, 4) is 0 Å². The molecule has 1 fully saturated rings. The molecule has 1 aromatic heterocycles. The van der Waals surface area contributed by atoms with Gasteiger partial charge >= 0.3 is 0 Å². The number of piperidine rings is 1. The average Bonchev–Trinajstić information content (AvgIpc) is 2.48. The molecular weight excluding hydrogens is 248 g/mol. The molecule has 4 nitrogen and oxygen atoms in total. The number of nitrogens with zero attached hydrogens (tertiary/aromatic N) is 3. The number of aromatic nitrogens is 1. The Morgan fingerprint density at radius 2 is 2.05 bits per heavy atom. The summed E-state index contributed by atoms with van der Waals surface area (Å²) in [5.74, 6) is 0.985. The van der Waals surface area contributed by atoms with Crippen LogP contribution in [-0.4, -0.2) is 54.1 Å². The second-order valence-electron chi connectivity index (χ2n) is 5.63. The van der Waals surface area contributed by atoms with Crippen LogP contribution in [0.2, 0.25) is 0 Å². The lowest BCUT2D eigenvalue weighted by Gasteiger charge is -2.36. The van der Waals surface area contributed by atoms with E-state index >= 15 is 0 Å². The molecule has 0 aliphatic carbocycles. The molecule has 0 amide bonds. The van der Waals surface area contributed by atoms with Gasteiger partial charge in [0.2, 0.25) is 0 Å². The molecule has 2 heterocycles. The van der Waals surface area contributed by atoms with Gasteiger partial charge in [0.25, 0.3) is 0 Å². The van der Waals surface area contributed by atoms with E-state index in [9.17, 15) is 0 Å². The minimum atomic E-state index is 0.697. The minimum Gasteiger partial charge on any atom is -0.370 e. The summed E-state index contributed by atoms with van der Waals surface area (Å²) in [6.45, 7) is 9.86. The number of pyridine rings is 1. The van der Waals surface area contributed by atoms with Gasteiger partial charge in [0.1, 0.15) is 5.82 Å². The van der Waals surface area contributed by atoms with Gasteiger partial charge in [-0.05, 0) is 58.6 Å². The van der Waals surface area contributed by atoms with Gasteiger partial charge in [-0.25, -0.2) is 4.98 Å². The number of hydrogen-bond acceptors (Lipinski definition) is 4. The van der Waals surface area contributed by atoms with E-state index < -0.39 is 0 Å². The highest BCUT2D eigenvalue weighted by molar-refractivity contribution is 5.34. The van der Waals surface area contributed by atoms with Crippen LogP contribution < -0.4 is 5.32 Å². The van der Waals surface area contributed by atoms with Gasteiger partial charge in [0.15, 0.2) is 0 Å². The van der Waals surface area contributed by atoms with E-state index in [0.717, 1.165) is 24.6 Å². The summed E-state index contributed by atoms with van der Waals surface area (Å²) < 4.78 is 0. The Labute approximate surface area is 123 Å². The van der Waals surface area contributed by atoms with Gasteiger partial charge in [0.05, 0.1) is 5.69 Å². The predicted molar refractivity (Wildman–Crippen MR) is 85.0 cm³/mol. The van der Waals surface area contributed by atoms with Gasteiger partial charge in [-0.1, -0.05) is 13.0 Å². The Hall–Kier alpha value is -1.13. The molecule has 1 saturated heterocycles. The SMILES string of the molecule is CCNc1cccc(CN(C)C2CCN(CC)CC2)n1. The summed E-state index contributed by atoms with van der Waals surface area (Å²) >= 11 is 0. The number of likely N-dealkylation sites (tertiary alicyclic amines) is 1. The molecule has 0 spiro atoms. The first-order chi connectivity index (χ1) is 9.72. The third-order valence-corrected chi connectivity index (χ3v) is 4.20. The van der Waals surface area contributed by atoms with Crippen molar-refractivity contribution in [2.45, 2.75) is 39.3 Å². The van der Waals surface area contributed by atoms with Crippen molar-refractivity contribution < 1.29 is 0 Å². The molecule has 0 aromatic carbocycles. The summed E-state index contributed by atoms with van der Waals surface area (Å²) in [6, 6.07) is 6.95. The van der Waals surface area contributed by atoms with Crippen LogP contribution in [0, 0.1) is 0 Å². The van der Waals surface area contributed by atoms with E-state index in [-0.39, 0.29) is 0 Å². The van der Waals surface area contributed by atoms with Gasteiger partial charge < -0.3 is 10.2 Å². The Morgan fingerprint density at radius 1 is 1.30 bits per heavy atom. The molecular formula is C16H28N4. The van der Waals surface area contributed by atoms with Crippen LogP contribution in [-0.2, 0) is 6.54 Å². The third-order valence-electron chi connectivity index (χ3n) is 4.20. The average molecular weight is 276 g/mol. The number of hydrogen-bond donors (Lipinski definition) is 1. The van der Waals surface area contributed by atoms with Crippen LogP contribution in [0.3, 0.4) is 0 Å². The number of anilines is 1. The first-order valence-corrected chi connectivity index (χ1v) is 7.85. The highest BCUT2D eigenvalue weighted by Crippen LogP contribution is 2.17. The molecule has 0 atom stereocenters. The lowest BCUT2D eigenvalue weighted by Crippen LogP contribution is -2.43. The highest BCUT2D eigenvalue weighted by atomic mass is 15.2. The topological polar surface area (TPSA) is 31.4 Å². The Balaban J connectivity index is 1.87. The second-order valence-corrected chi connectivity index (χ2v) is 5.63. The van der Waals surface area contributed by atoms with Crippen molar-refractivity contribution in [2.24, 2.45) is 0 Å². The fraction of sp³-hybridized carbons (Fsp3) is 0.688. The van der Waals surface area contributed by atoms with Crippen molar-refractivity contribution in [2.75, 3.05) is 38.5 Å². The largest absolute Gasteiger partial charge is 0.370 e. The smallest absolute Gasteiger partial charge is 0.126 e. The zero-order chi connectivity index (χ0) is 14.4. The van der Waals surface area contributed by atoms with Crippen molar-refractivity contribution in [1.29, 1.82) is 0 Å². The maximum atomic E-state index is 4.67. The Morgan fingerprint density at radius 3 is 2.70 bits per heavy atom. The molecule has 0 saturated carbocycles. The molecule has 4 heteroatoms. The predicted octanol–water partition coefficient (Wildman–Crippen LogP) is 2.43.